The summed E-state index contributed by atoms with van der Waals surface area (Å²) in [5, 5.41) is 14.9. The molecule has 0 spiro atoms. The summed E-state index contributed by atoms with van der Waals surface area (Å²) in [6.45, 7) is 1.96. The summed E-state index contributed by atoms with van der Waals surface area (Å²) in [5.74, 6) is 0.697. The van der Waals surface area contributed by atoms with Crippen molar-refractivity contribution in [1.82, 2.24) is 10.4 Å². The van der Waals surface area contributed by atoms with Gasteiger partial charge in [-0.05, 0) is 64.9 Å². The van der Waals surface area contributed by atoms with E-state index in [1.54, 1.807) is 12.1 Å². The maximum atomic E-state index is 14.6. The van der Waals surface area contributed by atoms with Crippen molar-refractivity contribution in [2.75, 3.05) is 26.3 Å². The van der Waals surface area contributed by atoms with Crippen LogP contribution in [0.15, 0.2) is 113 Å². The van der Waals surface area contributed by atoms with Crippen molar-refractivity contribution < 1.29 is 19.4 Å². The molecule has 1 amide bonds. The largest absolute Gasteiger partial charge is 0.494 e. The maximum Gasteiger partial charge on any atom is 0.266 e. The summed E-state index contributed by atoms with van der Waals surface area (Å²) in [6.07, 6.45) is 1.88. The number of carbonyl (C=O) groups is 1. The van der Waals surface area contributed by atoms with Gasteiger partial charge in [-0.25, -0.2) is 10.0 Å². The summed E-state index contributed by atoms with van der Waals surface area (Å²) in [4.78, 5) is 22.7. The molecule has 46 heavy (non-hydrogen) atoms. The van der Waals surface area contributed by atoms with Gasteiger partial charge in [0, 0.05) is 48.7 Å². The van der Waals surface area contributed by atoms with E-state index in [9.17, 15) is 10.3 Å². The van der Waals surface area contributed by atoms with Gasteiger partial charge >= 0.3 is 0 Å². The fourth-order valence-corrected chi connectivity index (χ4v) is 5.93. The van der Waals surface area contributed by atoms with E-state index in [2.05, 4.69) is 27.6 Å². The quantitative estimate of drug-likeness (QED) is 0.0793. The van der Waals surface area contributed by atoms with E-state index in [1.807, 2.05) is 83.9 Å². The topological polar surface area (TPSA) is 132 Å². The highest BCUT2D eigenvalue weighted by atomic mass is 16.5. The van der Waals surface area contributed by atoms with Crippen molar-refractivity contribution in [3.8, 4) is 16.9 Å². The second-order valence-corrected chi connectivity index (χ2v) is 11.4. The first-order valence-corrected chi connectivity index (χ1v) is 15.5. The van der Waals surface area contributed by atoms with Crippen LogP contribution in [0.4, 0.5) is 5.69 Å². The molecule has 0 aromatic heterocycles. The third kappa shape index (κ3) is 6.74. The lowest BCUT2D eigenvalue weighted by Crippen LogP contribution is -2.54. The van der Waals surface area contributed by atoms with E-state index in [1.165, 1.54) is 0 Å². The summed E-state index contributed by atoms with van der Waals surface area (Å²) < 4.78 is 12.4. The lowest BCUT2D eigenvalue weighted by atomic mass is 9.81. The Balaban J connectivity index is 1.44. The van der Waals surface area contributed by atoms with Gasteiger partial charge in [0.05, 0.1) is 6.61 Å². The Bertz CT molecular complexity index is 1720. The number of aliphatic imine (C=N–C) groups is 1. The molecule has 2 N–H and O–H groups in total. The molecule has 2 atom stereocenters. The average molecular weight is 617 g/mol. The highest BCUT2D eigenvalue weighted by Gasteiger charge is 2.54. The van der Waals surface area contributed by atoms with Crippen molar-refractivity contribution >= 4 is 17.5 Å². The molecule has 10 nitrogen and oxygen atoms in total. The van der Waals surface area contributed by atoms with Gasteiger partial charge in [0.15, 0.2) is 11.6 Å². The summed E-state index contributed by atoms with van der Waals surface area (Å²) in [7, 11) is 0. The molecule has 1 saturated heterocycles. The van der Waals surface area contributed by atoms with E-state index in [0.29, 0.717) is 41.5 Å². The van der Waals surface area contributed by atoms with Gasteiger partial charge in [-0.1, -0.05) is 84.0 Å². The molecule has 2 aliphatic heterocycles. The number of amides is 1. The smallest absolute Gasteiger partial charge is 0.266 e. The number of benzene rings is 4. The minimum absolute atomic E-state index is 0.0564. The number of hydrazine groups is 1. The van der Waals surface area contributed by atoms with Crippen LogP contribution >= 0.6 is 0 Å². The molecular weight excluding hydrogens is 580 g/mol. The van der Waals surface area contributed by atoms with Gasteiger partial charge < -0.3 is 14.6 Å². The highest BCUT2D eigenvalue weighted by molar-refractivity contribution is 6.01. The molecule has 6 rings (SSSR count). The second kappa shape index (κ2) is 14.3. The average Bonchev–Trinajstić information content (AvgIpc) is 3.76. The van der Waals surface area contributed by atoms with Crippen molar-refractivity contribution in [1.29, 1.82) is 0 Å². The van der Waals surface area contributed by atoms with E-state index in [0.717, 1.165) is 42.6 Å². The Morgan fingerprint density at radius 3 is 2.35 bits per heavy atom. The van der Waals surface area contributed by atoms with Crippen molar-refractivity contribution in [2.45, 2.75) is 37.3 Å². The Labute approximate surface area is 267 Å². The fraction of sp³-hybridized carbons (Fsp3) is 0.278. The molecule has 0 aliphatic carbocycles. The Hall–Kier alpha value is -5.15. The van der Waals surface area contributed by atoms with E-state index in [-0.39, 0.29) is 18.9 Å². The molecule has 0 bridgehead atoms. The molecule has 2 aliphatic rings. The Kier molecular flexibility index (Phi) is 9.59. The van der Waals surface area contributed by atoms with Crippen LogP contribution in [0, 0.1) is 0 Å². The predicted octanol–water partition coefficient (Wildman–Crippen LogP) is 6.68. The summed E-state index contributed by atoms with van der Waals surface area (Å²) in [5.41, 5.74) is 15.7. The zero-order valence-electron chi connectivity index (χ0n) is 25.5. The molecule has 10 heteroatoms. The molecule has 4 aromatic carbocycles. The Morgan fingerprint density at radius 1 is 0.957 bits per heavy atom. The molecule has 0 unspecified atom stereocenters. The molecule has 234 valence electrons. The van der Waals surface area contributed by atoms with Gasteiger partial charge in [0.25, 0.3) is 5.91 Å². The number of nitrogens with zero attached hydrogens (tertiary/aromatic N) is 5. The van der Waals surface area contributed by atoms with Crippen LogP contribution in [-0.2, 0) is 16.0 Å². The molecule has 4 aromatic rings. The number of nitrogens with one attached hydrogen (secondary N) is 1. The van der Waals surface area contributed by atoms with E-state index < -0.39 is 11.6 Å². The zero-order chi connectivity index (χ0) is 31.8. The maximum absolute atomic E-state index is 14.6. The SMILES string of the molecule is [N-]=[N+]=Nc1ccccc1C[C@]1(C(=O)NN2CCCC2)N=C(c2ccc(OCCCO)cc2)O[C@H]1c1ccc(-c2ccccc2)cc1. The normalized spacial score (nSPS) is 19.2. The van der Waals surface area contributed by atoms with Crippen molar-refractivity contribution in [3.63, 3.8) is 0 Å². The highest BCUT2D eigenvalue weighted by Crippen LogP contribution is 2.44. The molecule has 0 radical (unpaired) electrons. The van der Waals surface area contributed by atoms with Gasteiger partial charge in [0.1, 0.15) is 5.75 Å². The van der Waals surface area contributed by atoms with Gasteiger partial charge in [0.2, 0.25) is 5.90 Å². The standard InChI is InChI=1S/C36H36N6O4/c37-41-39-32-12-5-4-11-30(32)25-36(35(44)40-42-21-6-7-22-42)33(28-15-13-27(14-16-28)26-9-2-1-3-10-26)46-34(38-36)29-17-19-31(20-18-29)45-24-8-23-43/h1-5,9-20,33,43H,6-8,21-25H2,(H,40,44)/t33-,36-/m0/s1. The van der Waals surface area contributed by atoms with Gasteiger partial charge in [-0.3, -0.25) is 10.2 Å². The third-order valence-corrected chi connectivity index (χ3v) is 8.32. The van der Waals surface area contributed by atoms with Crippen molar-refractivity contribution in [3.05, 3.63) is 130 Å². The number of aliphatic hydroxyl groups is 1. The van der Waals surface area contributed by atoms with Crippen LogP contribution < -0.4 is 10.2 Å². The fourth-order valence-electron chi connectivity index (χ4n) is 5.93. The first kappa shape index (κ1) is 30.9. The van der Waals surface area contributed by atoms with Crippen LogP contribution in [0.2, 0.25) is 0 Å². The number of azide groups is 1. The monoisotopic (exact) mass is 616 g/mol. The number of carbonyl (C=O) groups excluding carboxylic acids is 1. The Morgan fingerprint density at radius 2 is 1.63 bits per heavy atom. The molecular formula is C36H36N6O4. The van der Waals surface area contributed by atoms with E-state index >= 15 is 0 Å². The predicted molar refractivity (Wildman–Crippen MR) is 177 cm³/mol. The molecule has 2 heterocycles. The summed E-state index contributed by atoms with van der Waals surface area (Å²) >= 11 is 0. The molecule has 0 saturated carbocycles. The van der Waals surface area contributed by atoms with Crippen LogP contribution in [0.25, 0.3) is 21.6 Å². The molecule has 1 fully saturated rings. The van der Waals surface area contributed by atoms with Crippen LogP contribution in [0.5, 0.6) is 5.75 Å². The minimum Gasteiger partial charge on any atom is -0.494 e. The van der Waals surface area contributed by atoms with Crippen LogP contribution in [-0.4, -0.2) is 53.8 Å². The number of aliphatic hydroxyl groups excluding tert-OH is 1. The number of rotatable bonds is 12. The summed E-state index contributed by atoms with van der Waals surface area (Å²) in [6, 6.07) is 32.7. The van der Waals surface area contributed by atoms with Crippen LogP contribution in [0.1, 0.15) is 42.1 Å². The number of hydrogen-bond donors (Lipinski definition) is 2. The zero-order valence-corrected chi connectivity index (χ0v) is 25.5. The third-order valence-electron chi connectivity index (χ3n) is 8.32. The van der Waals surface area contributed by atoms with Crippen molar-refractivity contribution in [2.24, 2.45) is 10.1 Å². The second-order valence-electron chi connectivity index (χ2n) is 11.4. The van der Waals surface area contributed by atoms with Gasteiger partial charge in [-0.2, -0.15) is 0 Å². The lowest BCUT2D eigenvalue weighted by molar-refractivity contribution is -0.133. The number of ether oxygens (including phenoxy) is 2. The lowest BCUT2D eigenvalue weighted by Gasteiger charge is -2.33. The van der Waals surface area contributed by atoms with E-state index in [4.69, 9.17) is 19.6 Å². The minimum atomic E-state index is -1.43. The first-order chi connectivity index (χ1) is 22.6. The number of hydrogen-bond acceptors (Lipinski definition) is 7. The van der Waals surface area contributed by atoms with Crippen LogP contribution in [0.3, 0.4) is 0 Å². The van der Waals surface area contributed by atoms with Gasteiger partial charge in [-0.15, -0.1) is 0 Å². The first-order valence-electron chi connectivity index (χ1n) is 15.5.